The molecule has 1 aromatic heterocycles. The van der Waals surface area contributed by atoms with Crippen molar-refractivity contribution in [3.05, 3.63) is 64.4 Å². The van der Waals surface area contributed by atoms with Crippen LogP contribution in [0.3, 0.4) is 0 Å². The van der Waals surface area contributed by atoms with E-state index < -0.39 is 0 Å². The van der Waals surface area contributed by atoms with Crippen molar-refractivity contribution in [1.29, 1.82) is 5.26 Å². The quantitative estimate of drug-likeness (QED) is 0.562. The van der Waals surface area contributed by atoms with Crippen molar-refractivity contribution in [2.24, 2.45) is 5.10 Å². The Morgan fingerprint density at radius 3 is 2.60 bits per heavy atom. The highest BCUT2D eigenvalue weighted by molar-refractivity contribution is 7.71. The minimum absolute atomic E-state index is 0.397. The van der Waals surface area contributed by atoms with Crippen LogP contribution in [0.5, 0.6) is 5.75 Å². The predicted octanol–water partition coefficient (Wildman–Crippen LogP) is 3.76. The minimum Gasteiger partial charge on any atom is -0.494 e. The molecule has 0 spiro atoms. The fourth-order valence-electron chi connectivity index (χ4n) is 2.22. The summed E-state index contributed by atoms with van der Waals surface area (Å²) in [6.45, 7) is 2.56. The molecule has 3 rings (SSSR count). The number of nitrogens with zero attached hydrogens (tertiary/aromatic N) is 4. The average Bonchev–Trinajstić information content (AvgIpc) is 3.02. The van der Waals surface area contributed by atoms with Crippen LogP contribution in [0.4, 0.5) is 0 Å². The van der Waals surface area contributed by atoms with Crippen LogP contribution in [0, 0.1) is 16.1 Å². The Kier molecular flexibility index (Phi) is 5.02. The van der Waals surface area contributed by atoms with Gasteiger partial charge in [0.1, 0.15) is 5.75 Å². The molecule has 124 valence electrons. The van der Waals surface area contributed by atoms with E-state index >= 15 is 0 Å². The van der Waals surface area contributed by atoms with Gasteiger partial charge in [-0.1, -0.05) is 12.1 Å². The lowest BCUT2D eigenvalue weighted by Gasteiger charge is -2.04. The maximum absolute atomic E-state index is 8.84. The zero-order chi connectivity index (χ0) is 17.6. The van der Waals surface area contributed by atoms with Crippen molar-refractivity contribution in [3.63, 3.8) is 0 Å². The lowest BCUT2D eigenvalue weighted by molar-refractivity contribution is 0.340. The molecule has 0 fully saturated rings. The number of nitrogens with one attached hydrogen (secondary N) is 1. The standard InChI is InChI=1S/C18H15N5OS/c1-2-24-16-9-7-15(8-10-16)17-21-22-18(25)23(17)20-12-14-5-3-13(11-19)4-6-14/h3-10,12H,2H2,1H3,(H,22,25)/b20-12-. The topological polar surface area (TPSA) is 79.0 Å². The highest BCUT2D eigenvalue weighted by Crippen LogP contribution is 2.21. The van der Waals surface area contributed by atoms with Gasteiger partial charge in [0.25, 0.3) is 0 Å². The molecular formula is C18H15N5OS. The van der Waals surface area contributed by atoms with Gasteiger partial charge in [0, 0.05) is 5.56 Å². The van der Waals surface area contributed by atoms with E-state index in [9.17, 15) is 0 Å². The number of aromatic nitrogens is 3. The summed E-state index contributed by atoms with van der Waals surface area (Å²) in [4.78, 5) is 0. The molecule has 7 heteroatoms. The number of benzene rings is 2. The van der Waals surface area contributed by atoms with Gasteiger partial charge in [0.05, 0.1) is 24.5 Å². The Morgan fingerprint density at radius 2 is 1.96 bits per heavy atom. The smallest absolute Gasteiger partial charge is 0.216 e. The molecule has 0 bridgehead atoms. The third kappa shape index (κ3) is 3.82. The van der Waals surface area contributed by atoms with E-state index in [0.29, 0.717) is 22.8 Å². The van der Waals surface area contributed by atoms with Crippen molar-refractivity contribution in [2.75, 3.05) is 6.61 Å². The van der Waals surface area contributed by atoms with Gasteiger partial charge in [0.15, 0.2) is 5.82 Å². The maximum atomic E-state index is 8.84. The van der Waals surface area contributed by atoms with E-state index in [-0.39, 0.29) is 0 Å². The molecule has 3 aromatic rings. The molecule has 0 aliphatic carbocycles. The Morgan fingerprint density at radius 1 is 1.24 bits per heavy atom. The summed E-state index contributed by atoms with van der Waals surface area (Å²) in [5, 5.41) is 20.3. The van der Waals surface area contributed by atoms with Crippen molar-refractivity contribution in [2.45, 2.75) is 6.92 Å². The molecule has 0 saturated carbocycles. The summed E-state index contributed by atoms with van der Waals surface area (Å²) in [7, 11) is 0. The molecule has 0 aliphatic rings. The Bertz CT molecular complexity index is 978. The molecule has 25 heavy (non-hydrogen) atoms. The second kappa shape index (κ2) is 7.55. The van der Waals surface area contributed by atoms with Gasteiger partial charge in [0.2, 0.25) is 4.77 Å². The predicted molar refractivity (Wildman–Crippen MR) is 98.2 cm³/mol. The van der Waals surface area contributed by atoms with E-state index in [0.717, 1.165) is 16.9 Å². The Balaban J connectivity index is 1.89. The minimum atomic E-state index is 0.397. The number of H-pyrrole nitrogens is 1. The van der Waals surface area contributed by atoms with Crippen LogP contribution in [-0.4, -0.2) is 27.7 Å². The van der Waals surface area contributed by atoms with Gasteiger partial charge in [-0.25, -0.2) is 5.10 Å². The normalized spacial score (nSPS) is 10.7. The summed E-state index contributed by atoms with van der Waals surface area (Å²) < 4.78 is 7.40. The molecule has 1 heterocycles. The summed E-state index contributed by atoms with van der Waals surface area (Å²) in [6, 6.07) is 16.8. The second-order valence-corrected chi connectivity index (χ2v) is 5.49. The number of hydrogen-bond acceptors (Lipinski definition) is 5. The van der Waals surface area contributed by atoms with Crippen LogP contribution in [0.2, 0.25) is 0 Å². The van der Waals surface area contributed by atoms with Gasteiger partial charge in [-0.3, -0.25) is 0 Å². The van der Waals surface area contributed by atoms with Gasteiger partial charge in [-0.15, -0.1) is 0 Å². The summed E-state index contributed by atoms with van der Waals surface area (Å²) in [5.41, 5.74) is 2.33. The second-order valence-electron chi connectivity index (χ2n) is 5.10. The van der Waals surface area contributed by atoms with E-state index in [1.165, 1.54) is 0 Å². The van der Waals surface area contributed by atoms with Crippen LogP contribution in [-0.2, 0) is 0 Å². The fourth-order valence-corrected chi connectivity index (χ4v) is 2.40. The molecule has 0 radical (unpaired) electrons. The number of nitriles is 1. The zero-order valence-electron chi connectivity index (χ0n) is 13.5. The van der Waals surface area contributed by atoms with Crippen molar-refractivity contribution in [3.8, 4) is 23.2 Å². The van der Waals surface area contributed by atoms with Crippen molar-refractivity contribution < 1.29 is 4.74 Å². The van der Waals surface area contributed by atoms with Gasteiger partial charge in [-0.2, -0.15) is 20.1 Å². The number of aromatic amines is 1. The average molecular weight is 349 g/mol. The van der Waals surface area contributed by atoms with Crippen LogP contribution in [0.25, 0.3) is 11.4 Å². The summed E-state index contributed by atoms with van der Waals surface area (Å²) in [6.07, 6.45) is 1.67. The maximum Gasteiger partial charge on any atom is 0.216 e. The molecule has 6 nitrogen and oxygen atoms in total. The van der Waals surface area contributed by atoms with Crippen LogP contribution in [0.1, 0.15) is 18.1 Å². The molecule has 0 amide bonds. The molecule has 0 unspecified atom stereocenters. The van der Waals surface area contributed by atoms with E-state index in [4.69, 9.17) is 22.2 Å². The first-order valence-electron chi connectivity index (χ1n) is 7.66. The van der Waals surface area contributed by atoms with E-state index in [1.54, 1.807) is 23.0 Å². The highest BCUT2D eigenvalue weighted by Gasteiger charge is 2.08. The molecule has 0 aliphatic heterocycles. The molecule has 2 aromatic carbocycles. The third-order valence-corrected chi connectivity index (χ3v) is 3.70. The first-order chi connectivity index (χ1) is 12.2. The van der Waals surface area contributed by atoms with Crippen LogP contribution < -0.4 is 4.74 Å². The fraction of sp³-hybridized carbons (Fsp3) is 0.111. The zero-order valence-corrected chi connectivity index (χ0v) is 14.3. The first-order valence-corrected chi connectivity index (χ1v) is 8.07. The van der Waals surface area contributed by atoms with Gasteiger partial charge < -0.3 is 4.74 Å². The molecular weight excluding hydrogens is 334 g/mol. The largest absolute Gasteiger partial charge is 0.494 e. The van der Waals surface area contributed by atoms with Gasteiger partial charge in [-0.05, 0) is 61.1 Å². The van der Waals surface area contributed by atoms with Crippen molar-refractivity contribution >= 4 is 18.4 Å². The molecule has 0 saturated heterocycles. The van der Waals surface area contributed by atoms with E-state index in [1.807, 2.05) is 43.3 Å². The van der Waals surface area contributed by atoms with E-state index in [2.05, 4.69) is 21.4 Å². The Labute approximate surface area is 150 Å². The van der Waals surface area contributed by atoms with Crippen LogP contribution >= 0.6 is 12.2 Å². The summed E-state index contributed by atoms with van der Waals surface area (Å²) >= 11 is 5.26. The SMILES string of the molecule is CCOc1ccc(-c2n[nH]c(=S)n2/N=C\c2ccc(C#N)cc2)cc1. The molecule has 0 atom stereocenters. The first kappa shape index (κ1) is 16.6. The summed E-state index contributed by atoms with van der Waals surface area (Å²) in [5.74, 6) is 1.41. The molecule has 1 N–H and O–H groups in total. The van der Waals surface area contributed by atoms with Crippen LogP contribution in [0.15, 0.2) is 53.6 Å². The highest BCUT2D eigenvalue weighted by atomic mass is 32.1. The van der Waals surface area contributed by atoms with Crippen molar-refractivity contribution in [1.82, 2.24) is 14.9 Å². The van der Waals surface area contributed by atoms with Gasteiger partial charge >= 0.3 is 0 Å². The Hall–Kier alpha value is -3.24. The lowest BCUT2D eigenvalue weighted by Crippen LogP contribution is -1.96. The third-order valence-electron chi connectivity index (χ3n) is 3.44. The monoisotopic (exact) mass is 349 g/mol. The number of rotatable bonds is 5. The number of hydrogen-bond donors (Lipinski definition) is 1. The lowest BCUT2D eigenvalue weighted by atomic mass is 10.2. The number of ether oxygens (including phenoxy) is 1.